The van der Waals surface area contributed by atoms with E-state index in [0.29, 0.717) is 17.4 Å². The van der Waals surface area contributed by atoms with Gasteiger partial charge in [0.2, 0.25) is 11.8 Å². The second kappa shape index (κ2) is 8.10. The number of rotatable bonds is 7. The second-order valence-corrected chi connectivity index (χ2v) is 6.92. The van der Waals surface area contributed by atoms with Crippen LogP contribution in [-0.2, 0) is 22.6 Å². The SMILES string of the molecule is O=C(Cc1csc(NC(=O)C2CCCC2)n1)NCCn1cccc1. The third-order valence-corrected chi connectivity index (χ3v) is 5.01. The van der Waals surface area contributed by atoms with Gasteiger partial charge in [-0.1, -0.05) is 12.8 Å². The smallest absolute Gasteiger partial charge is 0.229 e. The number of thiazole rings is 1. The fourth-order valence-electron chi connectivity index (χ4n) is 2.91. The van der Waals surface area contributed by atoms with Gasteiger partial charge in [-0.05, 0) is 25.0 Å². The molecular formula is C17H22N4O2S. The summed E-state index contributed by atoms with van der Waals surface area (Å²) in [5, 5.41) is 8.17. The number of carbonyl (C=O) groups excluding carboxylic acids is 2. The summed E-state index contributed by atoms with van der Waals surface area (Å²) in [6.07, 6.45) is 8.36. The molecule has 0 spiro atoms. The highest BCUT2D eigenvalue weighted by Gasteiger charge is 2.23. The first-order chi connectivity index (χ1) is 11.7. The molecule has 2 aromatic rings. The summed E-state index contributed by atoms with van der Waals surface area (Å²) in [6.45, 7) is 1.33. The molecule has 0 atom stereocenters. The van der Waals surface area contributed by atoms with Gasteiger partial charge in [0, 0.05) is 36.8 Å². The number of hydrogen-bond acceptors (Lipinski definition) is 4. The molecule has 6 nitrogen and oxygen atoms in total. The summed E-state index contributed by atoms with van der Waals surface area (Å²) >= 11 is 1.37. The molecule has 3 rings (SSSR count). The molecule has 7 heteroatoms. The van der Waals surface area contributed by atoms with E-state index in [4.69, 9.17) is 0 Å². The van der Waals surface area contributed by atoms with E-state index >= 15 is 0 Å². The van der Waals surface area contributed by atoms with Crippen LogP contribution < -0.4 is 10.6 Å². The maximum atomic E-state index is 12.1. The number of nitrogens with zero attached hydrogens (tertiary/aromatic N) is 2. The standard InChI is InChI=1S/C17H22N4O2S/c22-15(18-7-10-21-8-3-4-9-21)11-14-12-24-17(19-14)20-16(23)13-5-1-2-6-13/h3-4,8-9,12-13H,1-2,5-7,10-11H2,(H,18,22)(H,19,20,23). The molecule has 0 aromatic carbocycles. The Morgan fingerprint density at radius 1 is 1.25 bits per heavy atom. The highest BCUT2D eigenvalue weighted by molar-refractivity contribution is 7.13. The fourth-order valence-corrected chi connectivity index (χ4v) is 3.62. The van der Waals surface area contributed by atoms with E-state index in [0.717, 1.165) is 32.2 Å². The van der Waals surface area contributed by atoms with Gasteiger partial charge in [-0.3, -0.25) is 9.59 Å². The van der Waals surface area contributed by atoms with Crippen molar-refractivity contribution in [2.75, 3.05) is 11.9 Å². The van der Waals surface area contributed by atoms with E-state index in [-0.39, 0.29) is 24.2 Å². The molecule has 2 N–H and O–H groups in total. The Bertz CT molecular complexity index is 675. The van der Waals surface area contributed by atoms with Crippen molar-refractivity contribution in [3.8, 4) is 0 Å². The molecule has 2 aromatic heterocycles. The number of amides is 2. The van der Waals surface area contributed by atoms with Crippen molar-refractivity contribution in [2.45, 2.75) is 38.6 Å². The molecular weight excluding hydrogens is 324 g/mol. The van der Waals surface area contributed by atoms with Crippen LogP contribution in [0.1, 0.15) is 31.4 Å². The van der Waals surface area contributed by atoms with E-state index in [1.165, 1.54) is 11.3 Å². The Morgan fingerprint density at radius 2 is 2.00 bits per heavy atom. The minimum Gasteiger partial charge on any atom is -0.354 e. The van der Waals surface area contributed by atoms with Crippen LogP contribution in [0.2, 0.25) is 0 Å². The Hall–Kier alpha value is -2.15. The van der Waals surface area contributed by atoms with Gasteiger partial charge in [-0.25, -0.2) is 4.98 Å². The van der Waals surface area contributed by atoms with Crippen LogP contribution in [0.3, 0.4) is 0 Å². The van der Waals surface area contributed by atoms with E-state index in [2.05, 4.69) is 15.6 Å². The zero-order valence-corrected chi connectivity index (χ0v) is 14.3. The molecule has 1 aliphatic rings. The van der Waals surface area contributed by atoms with Crippen molar-refractivity contribution in [2.24, 2.45) is 5.92 Å². The first-order valence-corrected chi connectivity index (χ1v) is 9.21. The Kier molecular flexibility index (Phi) is 5.63. The maximum absolute atomic E-state index is 12.1. The topological polar surface area (TPSA) is 76.0 Å². The summed E-state index contributed by atoms with van der Waals surface area (Å²) in [5.41, 5.74) is 0.695. The molecule has 0 saturated heterocycles. The van der Waals surface area contributed by atoms with Crippen LogP contribution in [0.25, 0.3) is 0 Å². The zero-order valence-electron chi connectivity index (χ0n) is 13.5. The molecule has 2 heterocycles. The predicted octanol–water partition coefficient (Wildman–Crippen LogP) is 2.43. The molecule has 0 radical (unpaired) electrons. The fraction of sp³-hybridized carbons (Fsp3) is 0.471. The first kappa shape index (κ1) is 16.7. The molecule has 1 fully saturated rings. The van der Waals surface area contributed by atoms with Crippen molar-refractivity contribution in [3.05, 3.63) is 35.6 Å². The summed E-state index contributed by atoms with van der Waals surface area (Å²) < 4.78 is 2.01. The van der Waals surface area contributed by atoms with Gasteiger partial charge in [0.1, 0.15) is 0 Å². The van der Waals surface area contributed by atoms with Gasteiger partial charge in [0.05, 0.1) is 12.1 Å². The van der Waals surface area contributed by atoms with Gasteiger partial charge in [0.15, 0.2) is 5.13 Å². The van der Waals surface area contributed by atoms with Gasteiger partial charge < -0.3 is 15.2 Å². The van der Waals surface area contributed by atoms with E-state index in [9.17, 15) is 9.59 Å². The minimum atomic E-state index is -0.0545. The van der Waals surface area contributed by atoms with Crippen LogP contribution in [0.4, 0.5) is 5.13 Å². The van der Waals surface area contributed by atoms with Gasteiger partial charge in [-0.15, -0.1) is 11.3 Å². The zero-order chi connectivity index (χ0) is 16.8. The molecule has 0 unspecified atom stereocenters. The van der Waals surface area contributed by atoms with Gasteiger partial charge in [0.25, 0.3) is 0 Å². The van der Waals surface area contributed by atoms with Gasteiger partial charge in [-0.2, -0.15) is 0 Å². The number of hydrogen-bond donors (Lipinski definition) is 2. The average molecular weight is 346 g/mol. The monoisotopic (exact) mass is 346 g/mol. The van der Waals surface area contributed by atoms with Crippen molar-refractivity contribution >= 4 is 28.3 Å². The Labute approximate surface area is 145 Å². The van der Waals surface area contributed by atoms with Crippen LogP contribution in [-0.4, -0.2) is 27.9 Å². The number of nitrogens with one attached hydrogen (secondary N) is 2. The van der Waals surface area contributed by atoms with Crippen LogP contribution in [0.5, 0.6) is 0 Å². The van der Waals surface area contributed by atoms with Gasteiger partial charge >= 0.3 is 0 Å². The highest BCUT2D eigenvalue weighted by atomic mass is 32.1. The Morgan fingerprint density at radius 3 is 2.75 bits per heavy atom. The van der Waals surface area contributed by atoms with E-state index in [1.54, 1.807) is 0 Å². The number of anilines is 1. The molecule has 1 saturated carbocycles. The van der Waals surface area contributed by atoms with Crippen molar-refractivity contribution in [3.63, 3.8) is 0 Å². The molecule has 24 heavy (non-hydrogen) atoms. The first-order valence-electron chi connectivity index (χ1n) is 8.33. The lowest BCUT2D eigenvalue weighted by molar-refractivity contribution is -0.120. The average Bonchev–Trinajstić information content (AvgIpc) is 3.30. The van der Waals surface area contributed by atoms with E-state index in [1.807, 2.05) is 34.5 Å². The number of aromatic nitrogens is 2. The third kappa shape index (κ3) is 4.67. The van der Waals surface area contributed by atoms with Crippen molar-refractivity contribution in [1.29, 1.82) is 0 Å². The highest BCUT2D eigenvalue weighted by Crippen LogP contribution is 2.26. The summed E-state index contributed by atoms with van der Waals surface area (Å²) in [5.74, 6) is 0.125. The van der Waals surface area contributed by atoms with Crippen LogP contribution in [0.15, 0.2) is 29.9 Å². The lowest BCUT2D eigenvalue weighted by Gasteiger charge is -2.07. The van der Waals surface area contributed by atoms with E-state index < -0.39 is 0 Å². The van der Waals surface area contributed by atoms with Crippen molar-refractivity contribution in [1.82, 2.24) is 14.9 Å². The number of carbonyl (C=O) groups is 2. The molecule has 0 aliphatic heterocycles. The second-order valence-electron chi connectivity index (χ2n) is 6.06. The predicted molar refractivity (Wildman–Crippen MR) is 93.8 cm³/mol. The quantitative estimate of drug-likeness (QED) is 0.808. The summed E-state index contributed by atoms with van der Waals surface area (Å²) in [6, 6.07) is 3.91. The summed E-state index contributed by atoms with van der Waals surface area (Å²) in [4.78, 5) is 28.4. The summed E-state index contributed by atoms with van der Waals surface area (Å²) in [7, 11) is 0. The third-order valence-electron chi connectivity index (χ3n) is 4.21. The molecule has 2 amide bonds. The lowest BCUT2D eigenvalue weighted by atomic mass is 10.1. The minimum absolute atomic E-state index is 0.0545. The Balaban J connectivity index is 1.41. The lowest BCUT2D eigenvalue weighted by Crippen LogP contribution is -2.28. The van der Waals surface area contributed by atoms with Crippen molar-refractivity contribution < 1.29 is 9.59 Å². The van der Waals surface area contributed by atoms with Crippen LogP contribution >= 0.6 is 11.3 Å². The van der Waals surface area contributed by atoms with Crippen LogP contribution in [0, 0.1) is 5.92 Å². The largest absolute Gasteiger partial charge is 0.354 e. The molecule has 0 bridgehead atoms. The maximum Gasteiger partial charge on any atom is 0.229 e. The normalized spacial score (nSPS) is 14.7. The molecule has 1 aliphatic carbocycles. The molecule has 128 valence electrons.